The standard InChI is InChI=1S/C11H14F2O3S/c1-7(14)6-17(15,16)8(2)9-3-4-10(12)11(13)5-9/h3-5,7-8,14H,6H2,1-2H3. The second-order valence-electron chi connectivity index (χ2n) is 3.99. The van der Waals surface area contributed by atoms with Crippen LogP contribution >= 0.6 is 0 Å². The second kappa shape index (κ2) is 5.10. The van der Waals surface area contributed by atoms with E-state index in [2.05, 4.69) is 0 Å². The van der Waals surface area contributed by atoms with Crippen LogP contribution in [0, 0.1) is 11.6 Å². The SMILES string of the molecule is CC(O)CS(=O)(=O)C(C)c1ccc(F)c(F)c1. The van der Waals surface area contributed by atoms with Crippen molar-refractivity contribution in [3.05, 3.63) is 35.4 Å². The summed E-state index contributed by atoms with van der Waals surface area (Å²) in [5.74, 6) is -2.51. The Morgan fingerprint density at radius 1 is 1.24 bits per heavy atom. The molecule has 3 nitrogen and oxygen atoms in total. The third-order valence-corrected chi connectivity index (χ3v) is 4.72. The Morgan fingerprint density at radius 2 is 1.82 bits per heavy atom. The van der Waals surface area contributed by atoms with E-state index in [4.69, 9.17) is 5.11 Å². The van der Waals surface area contributed by atoms with Crippen molar-refractivity contribution in [3.63, 3.8) is 0 Å². The first kappa shape index (κ1) is 14.1. The number of halogens is 2. The molecule has 96 valence electrons. The van der Waals surface area contributed by atoms with Crippen LogP contribution in [0.3, 0.4) is 0 Å². The Balaban J connectivity index is 3.04. The van der Waals surface area contributed by atoms with Crippen molar-refractivity contribution in [3.8, 4) is 0 Å². The van der Waals surface area contributed by atoms with Gasteiger partial charge in [0.05, 0.1) is 17.1 Å². The van der Waals surface area contributed by atoms with Crippen molar-refractivity contribution < 1.29 is 22.3 Å². The van der Waals surface area contributed by atoms with Crippen LogP contribution in [0.15, 0.2) is 18.2 Å². The molecule has 1 aromatic rings. The van der Waals surface area contributed by atoms with E-state index in [9.17, 15) is 17.2 Å². The molecule has 0 aliphatic carbocycles. The molecule has 2 atom stereocenters. The average molecular weight is 264 g/mol. The van der Waals surface area contributed by atoms with Gasteiger partial charge in [0.1, 0.15) is 0 Å². The summed E-state index contributed by atoms with van der Waals surface area (Å²) in [5.41, 5.74) is 0.171. The molecule has 0 aliphatic rings. The number of hydrogen-bond acceptors (Lipinski definition) is 3. The molecule has 0 fully saturated rings. The average Bonchev–Trinajstić information content (AvgIpc) is 2.19. The highest BCUT2D eigenvalue weighted by Gasteiger charge is 2.25. The maximum Gasteiger partial charge on any atom is 0.159 e. The molecular formula is C11H14F2O3S. The van der Waals surface area contributed by atoms with E-state index in [0.29, 0.717) is 0 Å². The molecule has 0 amide bonds. The Labute approximate surface area is 99.0 Å². The number of benzene rings is 1. The topological polar surface area (TPSA) is 54.4 Å². The fourth-order valence-electron chi connectivity index (χ4n) is 1.45. The first-order valence-electron chi connectivity index (χ1n) is 5.08. The van der Waals surface area contributed by atoms with Crippen LogP contribution in [0.5, 0.6) is 0 Å². The van der Waals surface area contributed by atoms with Crippen molar-refractivity contribution >= 4 is 9.84 Å². The highest BCUT2D eigenvalue weighted by Crippen LogP contribution is 2.24. The molecule has 0 bridgehead atoms. The van der Waals surface area contributed by atoms with Crippen LogP contribution in [0.4, 0.5) is 8.78 Å². The lowest BCUT2D eigenvalue weighted by molar-refractivity contribution is 0.218. The Hall–Kier alpha value is -1.01. The summed E-state index contributed by atoms with van der Waals surface area (Å²) in [7, 11) is -3.58. The molecule has 0 heterocycles. The number of hydrogen-bond donors (Lipinski definition) is 1. The Kier molecular flexibility index (Phi) is 4.21. The zero-order valence-electron chi connectivity index (χ0n) is 9.52. The van der Waals surface area contributed by atoms with Gasteiger partial charge in [0.2, 0.25) is 0 Å². The first-order valence-corrected chi connectivity index (χ1v) is 6.80. The third-order valence-electron chi connectivity index (χ3n) is 2.43. The molecule has 1 rings (SSSR count). The summed E-state index contributed by atoms with van der Waals surface area (Å²) in [5, 5.41) is 8.09. The fraction of sp³-hybridized carbons (Fsp3) is 0.455. The van der Waals surface area contributed by atoms with Gasteiger partial charge >= 0.3 is 0 Å². The zero-order valence-corrected chi connectivity index (χ0v) is 10.3. The molecule has 1 aromatic carbocycles. The first-order chi connectivity index (χ1) is 7.74. The van der Waals surface area contributed by atoms with Crippen LogP contribution in [0.25, 0.3) is 0 Å². The van der Waals surface area contributed by atoms with Crippen molar-refractivity contribution in [1.29, 1.82) is 0 Å². The normalized spacial score (nSPS) is 15.6. The maximum absolute atomic E-state index is 13.0. The zero-order chi connectivity index (χ0) is 13.2. The van der Waals surface area contributed by atoms with Crippen LogP contribution < -0.4 is 0 Å². The molecule has 2 unspecified atom stereocenters. The predicted octanol–water partition coefficient (Wildman–Crippen LogP) is 1.82. The Morgan fingerprint density at radius 3 is 2.29 bits per heavy atom. The molecule has 6 heteroatoms. The summed E-state index contributed by atoms with van der Waals surface area (Å²) in [6.07, 6.45) is -0.993. The number of aliphatic hydroxyl groups excluding tert-OH is 1. The molecule has 0 aliphatic heterocycles. The molecular weight excluding hydrogens is 250 g/mol. The van der Waals surface area contributed by atoms with Gasteiger partial charge in [0, 0.05) is 0 Å². The molecule has 0 aromatic heterocycles. The molecule has 0 saturated heterocycles. The van der Waals surface area contributed by atoms with Crippen molar-refractivity contribution in [2.24, 2.45) is 0 Å². The predicted molar refractivity (Wildman–Crippen MR) is 60.2 cm³/mol. The van der Waals surface area contributed by atoms with Crippen LogP contribution in [-0.4, -0.2) is 25.4 Å². The summed E-state index contributed by atoms with van der Waals surface area (Å²) in [4.78, 5) is 0. The lowest BCUT2D eigenvalue weighted by Gasteiger charge is -2.14. The number of sulfone groups is 1. The van der Waals surface area contributed by atoms with E-state index in [1.165, 1.54) is 19.9 Å². The van der Waals surface area contributed by atoms with Gasteiger partial charge in [-0.1, -0.05) is 6.07 Å². The van der Waals surface area contributed by atoms with Gasteiger partial charge in [0.15, 0.2) is 21.5 Å². The molecule has 1 N–H and O–H groups in total. The maximum atomic E-state index is 13.0. The largest absolute Gasteiger partial charge is 0.392 e. The second-order valence-corrected chi connectivity index (χ2v) is 6.36. The smallest absolute Gasteiger partial charge is 0.159 e. The lowest BCUT2D eigenvalue weighted by atomic mass is 10.1. The van der Waals surface area contributed by atoms with Gasteiger partial charge in [0.25, 0.3) is 0 Å². The molecule has 0 radical (unpaired) electrons. The highest BCUT2D eigenvalue weighted by atomic mass is 32.2. The summed E-state index contributed by atoms with van der Waals surface area (Å²) >= 11 is 0. The van der Waals surface area contributed by atoms with Crippen LogP contribution in [-0.2, 0) is 9.84 Å². The highest BCUT2D eigenvalue weighted by molar-refractivity contribution is 7.91. The van der Waals surface area contributed by atoms with Crippen molar-refractivity contribution in [2.45, 2.75) is 25.2 Å². The third kappa shape index (κ3) is 3.47. The van der Waals surface area contributed by atoms with E-state index >= 15 is 0 Å². The minimum atomic E-state index is -3.58. The van der Waals surface area contributed by atoms with Gasteiger partial charge in [-0.05, 0) is 31.5 Å². The van der Waals surface area contributed by atoms with Gasteiger partial charge < -0.3 is 5.11 Å². The minimum absolute atomic E-state index is 0.171. The fourth-order valence-corrected chi connectivity index (χ4v) is 2.98. The monoisotopic (exact) mass is 264 g/mol. The quantitative estimate of drug-likeness (QED) is 0.902. The summed E-state index contributed by atoms with van der Waals surface area (Å²) < 4.78 is 49.2. The van der Waals surface area contributed by atoms with E-state index < -0.39 is 38.6 Å². The van der Waals surface area contributed by atoms with E-state index in [-0.39, 0.29) is 5.56 Å². The van der Waals surface area contributed by atoms with Gasteiger partial charge in [-0.3, -0.25) is 0 Å². The van der Waals surface area contributed by atoms with E-state index in [1.807, 2.05) is 0 Å². The van der Waals surface area contributed by atoms with Gasteiger partial charge in [-0.15, -0.1) is 0 Å². The summed E-state index contributed by atoms with van der Waals surface area (Å²) in [6.45, 7) is 2.74. The van der Waals surface area contributed by atoms with Crippen molar-refractivity contribution in [2.75, 3.05) is 5.75 Å². The van der Waals surface area contributed by atoms with Gasteiger partial charge in [-0.25, -0.2) is 17.2 Å². The van der Waals surface area contributed by atoms with Gasteiger partial charge in [-0.2, -0.15) is 0 Å². The number of aliphatic hydroxyl groups is 1. The van der Waals surface area contributed by atoms with Crippen LogP contribution in [0.1, 0.15) is 24.7 Å². The van der Waals surface area contributed by atoms with Crippen molar-refractivity contribution in [1.82, 2.24) is 0 Å². The Bertz CT molecular complexity index is 497. The minimum Gasteiger partial charge on any atom is -0.392 e. The summed E-state index contributed by atoms with van der Waals surface area (Å²) in [6, 6.07) is 2.97. The molecule has 0 saturated carbocycles. The molecule has 0 spiro atoms. The lowest BCUT2D eigenvalue weighted by Crippen LogP contribution is -2.22. The van der Waals surface area contributed by atoms with E-state index in [0.717, 1.165) is 12.1 Å². The van der Waals surface area contributed by atoms with Crippen LogP contribution in [0.2, 0.25) is 0 Å². The van der Waals surface area contributed by atoms with E-state index in [1.54, 1.807) is 0 Å². The number of rotatable bonds is 4. The molecule has 17 heavy (non-hydrogen) atoms.